The maximum absolute atomic E-state index is 4.53. The van der Waals surface area contributed by atoms with Crippen molar-refractivity contribution in [1.82, 2.24) is 15.3 Å². The molecule has 2 heterocycles. The van der Waals surface area contributed by atoms with Gasteiger partial charge < -0.3 is 5.32 Å². The molecule has 0 aliphatic carbocycles. The van der Waals surface area contributed by atoms with Crippen molar-refractivity contribution in [2.24, 2.45) is 0 Å². The Hall–Kier alpha value is -1.39. The van der Waals surface area contributed by atoms with Gasteiger partial charge in [-0.2, -0.15) is 0 Å². The summed E-state index contributed by atoms with van der Waals surface area (Å²) in [6.45, 7) is 6.07. The minimum Gasteiger partial charge on any atom is -0.313 e. The Balaban J connectivity index is 2.10. The molecule has 0 aliphatic heterocycles. The normalized spacial score (nSPS) is 10.6. The molecule has 0 aliphatic rings. The molecule has 2 rings (SSSR count). The highest BCUT2D eigenvalue weighted by Crippen LogP contribution is 2.27. The quantitative estimate of drug-likeness (QED) is 0.895. The van der Waals surface area contributed by atoms with Gasteiger partial charge in [0.25, 0.3) is 0 Å². The fraction of sp³-hybridized carbons (Fsp3) is 0.286. The smallest absolute Gasteiger partial charge is 0.104 e. The summed E-state index contributed by atoms with van der Waals surface area (Å²) in [6.07, 6.45) is 5.55. The molecular formula is C14H17N3S. The van der Waals surface area contributed by atoms with Crippen LogP contribution in [0.4, 0.5) is 0 Å². The number of hydrogen-bond donors (Lipinski definition) is 1. The Morgan fingerprint density at radius 2 is 2.06 bits per heavy atom. The lowest BCUT2D eigenvalue weighted by molar-refractivity contribution is 0.721. The number of rotatable bonds is 5. The predicted octanol–water partition coefficient (Wildman–Crippen LogP) is 3.05. The highest BCUT2D eigenvalue weighted by molar-refractivity contribution is 7.99. The van der Waals surface area contributed by atoms with Gasteiger partial charge in [0.05, 0.1) is 0 Å². The SMILES string of the molecule is CCNCc1cnc(Sc2ccncc2)c(C)c1. The molecule has 1 N–H and O–H groups in total. The Morgan fingerprint density at radius 3 is 2.72 bits per heavy atom. The van der Waals surface area contributed by atoms with Gasteiger partial charge in [-0.3, -0.25) is 4.98 Å². The number of nitrogens with zero attached hydrogens (tertiary/aromatic N) is 2. The van der Waals surface area contributed by atoms with E-state index < -0.39 is 0 Å². The van der Waals surface area contributed by atoms with Gasteiger partial charge in [0.15, 0.2) is 0 Å². The van der Waals surface area contributed by atoms with Crippen molar-refractivity contribution >= 4 is 11.8 Å². The fourth-order valence-corrected chi connectivity index (χ4v) is 2.42. The van der Waals surface area contributed by atoms with E-state index in [-0.39, 0.29) is 0 Å². The van der Waals surface area contributed by atoms with E-state index in [2.05, 4.69) is 35.2 Å². The van der Waals surface area contributed by atoms with Crippen molar-refractivity contribution in [3.8, 4) is 0 Å². The van der Waals surface area contributed by atoms with Gasteiger partial charge in [-0.15, -0.1) is 0 Å². The van der Waals surface area contributed by atoms with Crippen molar-refractivity contribution in [3.63, 3.8) is 0 Å². The first kappa shape index (κ1) is 13.1. The molecular weight excluding hydrogens is 242 g/mol. The summed E-state index contributed by atoms with van der Waals surface area (Å²) >= 11 is 1.68. The monoisotopic (exact) mass is 259 g/mol. The molecule has 2 aromatic rings. The van der Waals surface area contributed by atoms with E-state index in [1.165, 1.54) is 16.0 Å². The molecule has 0 spiro atoms. The third-order valence-corrected chi connectivity index (χ3v) is 3.66. The maximum Gasteiger partial charge on any atom is 0.104 e. The van der Waals surface area contributed by atoms with E-state index in [0.29, 0.717) is 0 Å². The second-order valence-electron chi connectivity index (χ2n) is 4.03. The number of hydrogen-bond acceptors (Lipinski definition) is 4. The molecule has 4 heteroatoms. The highest BCUT2D eigenvalue weighted by atomic mass is 32.2. The van der Waals surface area contributed by atoms with Crippen LogP contribution in [0.15, 0.2) is 46.7 Å². The predicted molar refractivity (Wildman–Crippen MR) is 74.7 cm³/mol. The summed E-state index contributed by atoms with van der Waals surface area (Å²) in [5, 5.41) is 4.36. The van der Waals surface area contributed by atoms with Gasteiger partial charge in [-0.1, -0.05) is 24.8 Å². The van der Waals surface area contributed by atoms with Gasteiger partial charge in [0.2, 0.25) is 0 Å². The minimum atomic E-state index is 0.880. The van der Waals surface area contributed by atoms with Crippen LogP contribution in [-0.2, 0) is 6.54 Å². The van der Waals surface area contributed by atoms with Crippen molar-refractivity contribution in [1.29, 1.82) is 0 Å². The molecule has 0 atom stereocenters. The van der Waals surface area contributed by atoms with Gasteiger partial charge in [0, 0.05) is 30.0 Å². The number of nitrogens with one attached hydrogen (secondary N) is 1. The minimum absolute atomic E-state index is 0.880. The largest absolute Gasteiger partial charge is 0.313 e. The Kier molecular flexibility index (Phi) is 4.73. The molecule has 94 valence electrons. The third kappa shape index (κ3) is 3.55. The third-order valence-electron chi connectivity index (χ3n) is 2.53. The fourth-order valence-electron chi connectivity index (χ4n) is 1.61. The lowest BCUT2D eigenvalue weighted by Gasteiger charge is -2.07. The van der Waals surface area contributed by atoms with E-state index in [1.807, 2.05) is 18.3 Å². The zero-order valence-electron chi connectivity index (χ0n) is 10.7. The van der Waals surface area contributed by atoms with Gasteiger partial charge in [-0.25, -0.2) is 4.98 Å². The molecule has 2 aromatic heterocycles. The number of aromatic nitrogens is 2. The van der Waals surface area contributed by atoms with Gasteiger partial charge in [-0.05, 0) is 36.7 Å². The van der Waals surface area contributed by atoms with Crippen LogP contribution in [0.3, 0.4) is 0 Å². The van der Waals surface area contributed by atoms with Crippen LogP contribution in [0.25, 0.3) is 0 Å². The second kappa shape index (κ2) is 6.52. The van der Waals surface area contributed by atoms with Crippen LogP contribution in [0.2, 0.25) is 0 Å². The molecule has 0 amide bonds. The van der Waals surface area contributed by atoms with Crippen LogP contribution in [-0.4, -0.2) is 16.5 Å². The van der Waals surface area contributed by atoms with Crippen molar-refractivity contribution < 1.29 is 0 Å². The molecule has 0 unspecified atom stereocenters. The zero-order chi connectivity index (χ0) is 12.8. The average molecular weight is 259 g/mol. The second-order valence-corrected chi connectivity index (χ2v) is 5.09. The Morgan fingerprint density at radius 1 is 1.28 bits per heavy atom. The summed E-state index contributed by atoms with van der Waals surface area (Å²) < 4.78 is 0. The summed E-state index contributed by atoms with van der Waals surface area (Å²) in [4.78, 5) is 9.71. The maximum atomic E-state index is 4.53. The average Bonchev–Trinajstić information content (AvgIpc) is 2.40. The summed E-state index contributed by atoms with van der Waals surface area (Å²) in [7, 11) is 0. The molecule has 0 bridgehead atoms. The first-order valence-corrected chi connectivity index (χ1v) is 6.85. The summed E-state index contributed by atoms with van der Waals surface area (Å²) in [5.74, 6) is 0. The van der Waals surface area contributed by atoms with E-state index >= 15 is 0 Å². The lowest BCUT2D eigenvalue weighted by atomic mass is 10.2. The van der Waals surface area contributed by atoms with Crippen molar-refractivity contribution in [2.45, 2.75) is 30.3 Å². The van der Waals surface area contributed by atoms with Crippen molar-refractivity contribution in [3.05, 3.63) is 47.9 Å². The van der Waals surface area contributed by atoms with Crippen LogP contribution >= 0.6 is 11.8 Å². The van der Waals surface area contributed by atoms with Crippen LogP contribution in [0.1, 0.15) is 18.1 Å². The first-order chi connectivity index (χ1) is 8.79. The van der Waals surface area contributed by atoms with Gasteiger partial charge >= 0.3 is 0 Å². The van der Waals surface area contributed by atoms with E-state index in [9.17, 15) is 0 Å². The lowest BCUT2D eigenvalue weighted by Crippen LogP contribution is -2.12. The molecule has 0 fully saturated rings. The van der Waals surface area contributed by atoms with Crippen LogP contribution < -0.4 is 5.32 Å². The van der Waals surface area contributed by atoms with E-state index in [0.717, 1.165) is 18.1 Å². The Bertz CT molecular complexity index is 500. The first-order valence-electron chi connectivity index (χ1n) is 6.03. The number of aryl methyl sites for hydroxylation is 1. The molecule has 3 nitrogen and oxygen atoms in total. The molecule has 0 saturated carbocycles. The molecule has 0 radical (unpaired) electrons. The zero-order valence-corrected chi connectivity index (χ0v) is 11.5. The molecule has 0 saturated heterocycles. The summed E-state index contributed by atoms with van der Waals surface area (Å²) in [6, 6.07) is 6.19. The number of pyridine rings is 2. The van der Waals surface area contributed by atoms with Crippen molar-refractivity contribution in [2.75, 3.05) is 6.54 Å². The molecule has 18 heavy (non-hydrogen) atoms. The Labute approximate surface area is 112 Å². The summed E-state index contributed by atoms with van der Waals surface area (Å²) in [5.41, 5.74) is 2.45. The van der Waals surface area contributed by atoms with Crippen LogP contribution in [0.5, 0.6) is 0 Å². The van der Waals surface area contributed by atoms with E-state index in [4.69, 9.17) is 0 Å². The standard InChI is InChI=1S/C14H17N3S/c1-3-15-9-12-8-11(2)14(17-10-12)18-13-4-6-16-7-5-13/h4-8,10,15H,3,9H2,1-2H3. The highest BCUT2D eigenvalue weighted by Gasteiger charge is 2.04. The van der Waals surface area contributed by atoms with Gasteiger partial charge in [0.1, 0.15) is 5.03 Å². The molecule has 0 aromatic carbocycles. The topological polar surface area (TPSA) is 37.8 Å². The van der Waals surface area contributed by atoms with Crippen LogP contribution in [0, 0.1) is 6.92 Å². The van der Waals surface area contributed by atoms with E-state index in [1.54, 1.807) is 24.2 Å².